The van der Waals surface area contributed by atoms with Gasteiger partial charge in [0.2, 0.25) is 5.91 Å². The van der Waals surface area contributed by atoms with E-state index in [1.165, 1.54) is 12.1 Å². The highest BCUT2D eigenvalue weighted by Crippen LogP contribution is 2.38. The average Bonchev–Trinajstić information content (AvgIpc) is 2.88. The summed E-state index contributed by atoms with van der Waals surface area (Å²) in [5.41, 5.74) is 1.99. The molecule has 7 nitrogen and oxygen atoms in total. The van der Waals surface area contributed by atoms with Crippen molar-refractivity contribution in [3.8, 4) is 11.5 Å². The van der Waals surface area contributed by atoms with Gasteiger partial charge in [-0.2, -0.15) is 0 Å². The van der Waals surface area contributed by atoms with Crippen LogP contribution < -0.4 is 14.8 Å². The summed E-state index contributed by atoms with van der Waals surface area (Å²) >= 11 is 6.19. The zero-order valence-electron chi connectivity index (χ0n) is 15.6. The van der Waals surface area contributed by atoms with E-state index in [0.29, 0.717) is 42.4 Å². The lowest BCUT2D eigenvalue weighted by atomic mass is 9.99. The second kappa shape index (κ2) is 7.75. The average molecular weight is 416 g/mol. The van der Waals surface area contributed by atoms with Crippen LogP contribution in [0.5, 0.6) is 11.5 Å². The van der Waals surface area contributed by atoms with Crippen molar-refractivity contribution in [3.05, 3.63) is 52.0 Å². The number of hydrogen-bond acceptors (Lipinski definition) is 6. The molecule has 0 bridgehead atoms. The molecular formula is C21H18ClNO6. The van der Waals surface area contributed by atoms with Crippen LogP contribution in [0.1, 0.15) is 45.5 Å². The van der Waals surface area contributed by atoms with Crippen molar-refractivity contribution in [2.75, 3.05) is 25.1 Å². The van der Waals surface area contributed by atoms with Crippen LogP contribution in [0.15, 0.2) is 30.3 Å². The van der Waals surface area contributed by atoms with Crippen molar-refractivity contribution in [1.82, 2.24) is 0 Å². The van der Waals surface area contributed by atoms with Crippen LogP contribution in [0.25, 0.3) is 0 Å². The number of amides is 1. The second-order valence-electron chi connectivity index (χ2n) is 6.85. The second-order valence-corrected chi connectivity index (χ2v) is 7.26. The number of rotatable bonds is 4. The van der Waals surface area contributed by atoms with E-state index in [0.717, 1.165) is 5.56 Å². The van der Waals surface area contributed by atoms with Crippen molar-refractivity contribution in [2.24, 2.45) is 0 Å². The van der Waals surface area contributed by atoms with Crippen LogP contribution in [-0.2, 0) is 9.53 Å². The van der Waals surface area contributed by atoms with Gasteiger partial charge in [0.25, 0.3) is 0 Å². The molecule has 2 aliphatic rings. The highest BCUT2D eigenvalue weighted by Gasteiger charge is 2.27. The van der Waals surface area contributed by atoms with Crippen LogP contribution in [0.4, 0.5) is 5.69 Å². The van der Waals surface area contributed by atoms with Gasteiger partial charge in [0.05, 0.1) is 29.7 Å². The van der Waals surface area contributed by atoms with Crippen molar-refractivity contribution in [1.29, 1.82) is 0 Å². The van der Waals surface area contributed by atoms with Crippen LogP contribution in [0.3, 0.4) is 0 Å². The molecule has 150 valence electrons. The number of benzene rings is 2. The van der Waals surface area contributed by atoms with Crippen molar-refractivity contribution in [3.63, 3.8) is 0 Å². The molecule has 0 radical (unpaired) electrons. The first-order chi connectivity index (χ1) is 13.9. The molecule has 1 atom stereocenters. The molecule has 8 heteroatoms. The number of halogens is 1. The van der Waals surface area contributed by atoms with Gasteiger partial charge in [-0.1, -0.05) is 11.6 Å². The molecule has 4 rings (SSSR count). The van der Waals surface area contributed by atoms with Gasteiger partial charge in [0.15, 0.2) is 23.9 Å². The Morgan fingerprint density at radius 1 is 1.17 bits per heavy atom. The fraction of sp³-hybridized carbons (Fsp3) is 0.286. The highest BCUT2D eigenvalue weighted by atomic mass is 35.5. The predicted molar refractivity (Wildman–Crippen MR) is 105 cm³/mol. The van der Waals surface area contributed by atoms with Gasteiger partial charge in [-0.25, -0.2) is 4.79 Å². The topological polar surface area (TPSA) is 90.9 Å². The Hall–Kier alpha value is -3.06. The quantitative estimate of drug-likeness (QED) is 0.606. The van der Waals surface area contributed by atoms with E-state index in [2.05, 4.69) is 5.32 Å². The Morgan fingerprint density at radius 2 is 1.97 bits per heavy atom. The largest absolute Gasteiger partial charge is 0.489 e. The van der Waals surface area contributed by atoms with Gasteiger partial charge in [-0.3, -0.25) is 9.59 Å². The minimum Gasteiger partial charge on any atom is -0.489 e. The number of nitrogens with one attached hydrogen (secondary N) is 1. The summed E-state index contributed by atoms with van der Waals surface area (Å²) in [6, 6.07) is 7.84. The van der Waals surface area contributed by atoms with Crippen LogP contribution in [0, 0.1) is 0 Å². The zero-order valence-corrected chi connectivity index (χ0v) is 16.4. The maximum Gasteiger partial charge on any atom is 0.338 e. The summed E-state index contributed by atoms with van der Waals surface area (Å²) < 4.78 is 16.3. The number of ether oxygens (including phenoxy) is 3. The van der Waals surface area contributed by atoms with Crippen LogP contribution >= 0.6 is 11.6 Å². The Balaban J connectivity index is 1.45. The Labute approximate surface area is 171 Å². The summed E-state index contributed by atoms with van der Waals surface area (Å²) in [6.07, 6.45) is 0.708. The van der Waals surface area contributed by atoms with Crippen molar-refractivity contribution < 1.29 is 28.6 Å². The third kappa shape index (κ3) is 3.78. The molecule has 1 amide bonds. The lowest BCUT2D eigenvalue weighted by Crippen LogP contribution is -2.15. The lowest BCUT2D eigenvalue weighted by Gasteiger charge is -2.11. The molecule has 0 spiro atoms. The van der Waals surface area contributed by atoms with Gasteiger partial charge in [-0.05, 0) is 42.8 Å². The maximum absolute atomic E-state index is 12.5. The van der Waals surface area contributed by atoms with E-state index < -0.39 is 12.6 Å². The normalized spacial score (nSPS) is 17.2. The van der Waals surface area contributed by atoms with Gasteiger partial charge in [0.1, 0.15) is 0 Å². The molecule has 2 aliphatic heterocycles. The SMILES string of the molecule is C[C@@H]1C(=O)Nc2ccc(C(=O)COC(=O)c3cc(Cl)c4c(c3)OCCCO4)cc21. The Bertz CT molecular complexity index is 1020. The lowest BCUT2D eigenvalue weighted by molar-refractivity contribution is -0.116. The molecule has 29 heavy (non-hydrogen) atoms. The number of esters is 1. The molecule has 0 aromatic heterocycles. The molecule has 1 N–H and O–H groups in total. The first-order valence-electron chi connectivity index (χ1n) is 9.18. The summed E-state index contributed by atoms with van der Waals surface area (Å²) in [6.45, 7) is 2.27. The molecule has 2 aromatic rings. The fourth-order valence-corrected chi connectivity index (χ4v) is 3.50. The van der Waals surface area contributed by atoms with Crippen molar-refractivity contribution in [2.45, 2.75) is 19.3 Å². The number of fused-ring (bicyclic) bond motifs is 2. The molecule has 0 saturated carbocycles. The standard InChI is InChI=1S/C21H18ClNO6/c1-11-14-7-12(3-4-16(14)23-20(11)25)17(24)10-29-21(26)13-8-15(22)19-18(9-13)27-5-2-6-28-19/h3-4,7-9,11H,2,5-6,10H2,1H3,(H,23,25)/t11-/m0/s1. The summed E-state index contributed by atoms with van der Waals surface area (Å²) in [5.74, 6) is -0.729. The van der Waals surface area contributed by atoms with Gasteiger partial charge >= 0.3 is 5.97 Å². The number of hydrogen-bond donors (Lipinski definition) is 1. The molecule has 2 heterocycles. The molecule has 2 aromatic carbocycles. The van der Waals surface area contributed by atoms with E-state index in [-0.39, 0.29) is 28.2 Å². The zero-order chi connectivity index (χ0) is 20.5. The molecular weight excluding hydrogens is 398 g/mol. The summed E-state index contributed by atoms with van der Waals surface area (Å²) in [4.78, 5) is 36.6. The maximum atomic E-state index is 12.5. The smallest absolute Gasteiger partial charge is 0.338 e. The molecule has 0 saturated heterocycles. The third-order valence-electron chi connectivity index (χ3n) is 4.86. The molecule has 0 fully saturated rings. The third-order valence-corrected chi connectivity index (χ3v) is 5.14. The fourth-order valence-electron chi connectivity index (χ4n) is 3.24. The van der Waals surface area contributed by atoms with E-state index in [4.69, 9.17) is 25.8 Å². The summed E-state index contributed by atoms with van der Waals surface area (Å²) in [5, 5.41) is 2.99. The van der Waals surface area contributed by atoms with Gasteiger partial charge in [0, 0.05) is 17.7 Å². The Morgan fingerprint density at radius 3 is 2.79 bits per heavy atom. The predicted octanol–water partition coefficient (Wildman–Crippen LogP) is 3.60. The first kappa shape index (κ1) is 19.3. The minimum absolute atomic E-state index is 0.109. The van der Waals surface area contributed by atoms with Gasteiger partial charge < -0.3 is 19.5 Å². The number of carbonyl (C=O) groups excluding carboxylic acids is 3. The van der Waals surface area contributed by atoms with E-state index in [1.54, 1.807) is 25.1 Å². The first-order valence-corrected chi connectivity index (χ1v) is 9.56. The number of anilines is 1. The minimum atomic E-state index is -0.692. The number of ketones is 1. The number of carbonyl (C=O) groups is 3. The van der Waals surface area contributed by atoms with Crippen LogP contribution in [0.2, 0.25) is 5.02 Å². The van der Waals surface area contributed by atoms with Gasteiger partial charge in [-0.15, -0.1) is 0 Å². The van der Waals surface area contributed by atoms with E-state index in [1.807, 2.05) is 0 Å². The summed E-state index contributed by atoms with van der Waals surface area (Å²) in [7, 11) is 0. The van der Waals surface area contributed by atoms with Crippen LogP contribution in [-0.4, -0.2) is 37.5 Å². The molecule has 0 unspecified atom stereocenters. The van der Waals surface area contributed by atoms with E-state index >= 15 is 0 Å². The monoisotopic (exact) mass is 415 g/mol. The number of Topliss-reactive ketones (excluding diaryl/α,β-unsaturated/α-hetero) is 1. The van der Waals surface area contributed by atoms with Crippen molar-refractivity contribution >= 4 is 34.9 Å². The Kier molecular flexibility index (Phi) is 5.15. The molecule has 0 aliphatic carbocycles. The van der Waals surface area contributed by atoms with E-state index in [9.17, 15) is 14.4 Å². The highest BCUT2D eigenvalue weighted by molar-refractivity contribution is 6.32.